The number of para-hydroxylation sites is 2. The molecule has 0 aliphatic carbocycles. The molecule has 138 valence electrons. The molecule has 6 heteroatoms. The van der Waals surface area contributed by atoms with Crippen LogP contribution in [0.5, 0.6) is 5.75 Å². The van der Waals surface area contributed by atoms with Crippen molar-refractivity contribution in [1.29, 1.82) is 0 Å². The minimum absolute atomic E-state index is 0.0426. The highest BCUT2D eigenvalue weighted by Gasteiger charge is 2.12. The zero-order valence-corrected chi connectivity index (χ0v) is 16.4. The van der Waals surface area contributed by atoms with Crippen molar-refractivity contribution in [2.75, 3.05) is 25.1 Å². The van der Waals surface area contributed by atoms with E-state index in [0.717, 1.165) is 41.1 Å². The van der Waals surface area contributed by atoms with Gasteiger partial charge in [-0.05, 0) is 50.3 Å². The van der Waals surface area contributed by atoms with E-state index in [1.165, 1.54) is 11.3 Å². The third kappa shape index (κ3) is 2.96. The largest absolute Gasteiger partial charge is 0.496 e. The lowest BCUT2D eigenvalue weighted by molar-refractivity contribution is 0.414. The smallest absolute Gasteiger partial charge is 0.274 e. The molecule has 0 aliphatic heterocycles. The van der Waals surface area contributed by atoms with E-state index >= 15 is 0 Å². The average Bonchev–Trinajstić information content (AvgIpc) is 3.19. The quantitative estimate of drug-likeness (QED) is 0.534. The van der Waals surface area contributed by atoms with E-state index in [1.807, 2.05) is 36.4 Å². The van der Waals surface area contributed by atoms with Gasteiger partial charge in [-0.3, -0.25) is 4.79 Å². The first-order valence-corrected chi connectivity index (χ1v) is 9.82. The summed E-state index contributed by atoms with van der Waals surface area (Å²) in [5.74, 6) is 0.751. The van der Waals surface area contributed by atoms with Crippen molar-refractivity contribution in [3.05, 3.63) is 62.9 Å². The molecule has 4 rings (SSSR count). The molecular formula is C21H21N3O2S. The summed E-state index contributed by atoms with van der Waals surface area (Å²) in [5, 5.41) is 0. The van der Waals surface area contributed by atoms with Crippen molar-refractivity contribution in [2.24, 2.45) is 0 Å². The summed E-state index contributed by atoms with van der Waals surface area (Å²) in [6.45, 7) is 6.11. The van der Waals surface area contributed by atoms with E-state index < -0.39 is 0 Å². The Labute approximate surface area is 161 Å². The van der Waals surface area contributed by atoms with Crippen molar-refractivity contribution in [1.82, 2.24) is 9.38 Å². The lowest BCUT2D eigenvalue weighted by Gasteiger charge is -2.22. The Kier molecular flexibility index (Phi) is 4.58. The Balaban J connectivity index is 1.91. The van der Waals surface area contributed by atoms with E-state index in [1.54, 1.807) is 11.5 Å². The number of thiazole rings is 1. The fourth-order valence-corrected chi connectivity index (χ4v) is 4.35. The normalized spacial score (nSPS) is 12.2. The van der Waals surface area contributed by atoms with Crippen LogP contribution >= 0.6 is 11.3 Å². The second-order valence-corrected chi connectivity index (χ2v) is 7.24. The van der Waals surface area contributed by atoms with Crippen LogP contribution in [0.2, 0.25) is 0 Å². The molecule has 0 bridgehead atoms. The fourth-order valence-electron chi connectivity index (χ4n) is 3.37. The Morgan fingerprint density at radius 1 is 1.19 bits per heavy atom. The van der Waals surface area contributed by atoms with Gasteiger partial charge in [0, 0.05) is 24.3 Å². The minimum atomic E-state index is -0.0426. The molecular weight excluding hydrogens is 358 g/mol. The number of anilines is 1. The number of hydrogen-bond donors (Lipinski definition) is 0. The summed E-state index contributed by atoms with van der Waals surface area (Å²) >= 11 is 1.40. The third-order valence-electron chi connectivity index (χ3n) is 4.77. The molecule has 2 heterocycles. The molecule has 4 aromatic rings. The Bertz CT molecular complexity index is 1220. The molecule has 2 aromatic carbocycles. The highest BCUT2D eigenvalue weighted by molar-refractivity contribution is 7.15. The predicted molar refractivity (Wildman–Crippen MR) is 112 cm³/mol. The average molecular weight is 379 g/mol. The maximum atomic E-state index is 13.0. The molecule has 0 spiro atoms. The maximum absolute atomic E-state index is 13.0. The van der Waals surface area contributed by atoms with Crippen molar-refractivity contribution in [3.8, 4) is 5.75 Å². The lowest BCUT2D eigenvalue weighted by atomic mass is 10.1. The molecule has 0 fully saturated rings. The Hall–Kier alpha value is -2.86. The van der Waals surface area contributed by atoms with Crippen LogP contribution < -0.4 is 19.7 Å². The monoisotopic (exact) mass is 379 g/mol. The van der Waals surface area contributed by atoms with Crippen LogP contribution in [0, 0.1) is 0 Å². The number of aromatic nitrogens is 2. The van der Waals surface area contributed by atoms with Crippen LogP contribution in [-0.4, -0.2) is 29.6 Å². The highest BCUT2D eigenvalue weighted by Crippen LogP contribution is 2.26. The topological polar surface area (TPSA) is 46.8 Å². The van der Waals surface area contributed by atoms with Gasteiger partial charge in [-0.25, -0.2) is 9.38 Å². The number of benzene rings is 2. The predicted octanol–water partition coefficient (Wildman–Crippen LogP) is 3.31. The molecule has 0 amide bonds. The van der Waals surface area contributed by atoms with Crippen LogP contribution in [0.25, 0.3) is 22.1 Å². The third-order valence-corrected chi connectivity index (χ3v) is 5.74. The van der Waals surface area contributed by atoms with Crippen molar-refractivity contribution < 1.29 is 4.74 Å². The van der Waals surface area contributed by atoms with Gasteiger partial charge in [-0.2, -0.15) is 0 Å². The summed E-state index contributed by atoms with van der Waals surface area (Å²) in [7, 11) is 1.65. The van der Waals surface area contributed by atoms with Gasteiger partial charge in [0.2, 0.25) is 0 Å². The molecule has 0 atom stereocenters. The molecule has 27 heavy (non-hydrogen) atoms. The summed E-state index contributed by atoms with van der Waals surface area (Å²) < 4.78 is 7.85. The van der Waals surface area contributed by atoms with Crippen LogP contribution in [0.15, 0.2) is 47.3 Å². The van der Waals surface area contributed by atoms with Gasteiger partial charge in [0.15, 0.2) is 4.96 Å². The van der Waals surface area contributed by atoms with Gasteiger partial charge in [0.1, 0.15) is 5.75 Å². The first kappa shape index (κ1) is 17.5. The van der Waals surface area contributed by atoms with Crippen LogP contribution in [0.3, 0.4) is 0 Å². The summed E-state index contributed by atoms with van der Waals surface area (Å²) in [4.78, 5) is 20.5. The van der Waals surface area contributed by atoms with E-state index in [2.05, 4.69) is 35.9 Å². The molecule has 2 aromatic heterocycles. The fraction of sp³-hybridized carbons (Fsp3) is 0.238. The number of ether oxygens (including phenoxy) is 1. The van der Waals surface area contributed by atoms with Gasteiger partial charge in [-0.1, -0.05) is 23.5 Å². The van der Waals surface area contributed by atoms with E-state index in [0.29, 0.717) is 9.49 Å². The van der Waals surface area contributed by atoms with Gasteiger partial charge in [0.25, 0.3) is 5.56 Å². The van der Waals surface area contributed by atoms with Crippen molar-refractivity contribution >= 4 is 39.1 Å². The molecule has 0 unspecified atom stereocenters. The summed E-state index contributed by atoms with van der Waals surface area (Å²) in [6, 6.07) is 13.8. The molecule has 0 saturated heterocycles. The number of fused-ring (bicyclic) bond motifs is 3. The second kappa shape index (κ2) is 7.04. The molecule has 0 aliphatic rings. The molecule has 0 saturated carbocycles. The SMILES string of the molecule is CCN(CC)c1ccc(OC)c(C=c2sc3nc4ccccc4n3c2=O)c1. The van der Waals surface area contributed by atoms with Crippen LogP contribution in [0.4, 0.5) is 5.69 Å². The van der Waals surface area contributed by atoms with Gasteiger partial charge >= 0.3 is 0 Å². The first-order chi connectivity index (χ1) is 13.2. The second-order valence-electron chi connectivity index (χ2n) is 6.23. The van der Waals surface area contributed by atoms with Gasteiger partial charge in [-0.15, -0.1) is 0 Å². The number of imidazole rings is 1. The first-order valence-electron chi connectivity index (χ1n) is 9.01. The van der Waals surface area contributed by atoms with Gasteiger partial charge < -0.3 is 9.64 Å². The van der Waals surface area contributed by atoms with Crippen molar-refractivity contribution in [2.45, 2.75) is 13.8 Å². The van der Waals surface area contributed by atoms with Crippen molar-refractivity contribution in [3.63, 3.8) is 0 Å². The van der Waals surface area contributed by atoms with E-state index in [9.17, 15) is 4.79 Å². The Morgan fingerprint density at radius 2 is 1.96 bits per heavy atom. The van der Waals surface area contributed by atoms with Crippen LogP contribution in [-0.2, 0) is 0 Å². The molecule has 5 nitrogen and oxygen atoms in total. The van der Waals surface area contributed by atoms with E-state index in [4.69, 9.17) is 4.74 Å². The standard InChI is InChI=1S/C21H21N3O2S/c1-4-23(5-2)15-10-11-18(26-3)14(12-15)13-19-20(25)24-17-9-7-6-8-16(17)22-21(24)27-19/h6-13H,4-5H2,1-3H3. The van der Waals surface area contributed by atoms with Gasteiger partial charge in [0.05, 0.1) is 22.7 Å². The minimum Gasteiger partial charge on any atom is -0.496 e. The summed E-state index contributed by atoms with van der Waals surface area (Å²) in [5.41, 5.74) is 3.66. The Morgan fingerprint density at radius 3 is 2.70 bits per heavy atom. The van der Waals surface area contributed by atoms with E-state index in [-0.39, 0.29) is 5.56 Å². The zero-order valence-electron chi connectivity index (χ0n) is 15.6. The highest BCUT2D eigenvalue weighted by atomic mass is 32.1. The number of hydrogen-bond acceptors (Lipinski definition) is 5. The maximum Gasteiger partial charge on any atom is 0.274 e. The number of rotatable bonds is 5. The number of nitrogens with zero attached hydrogens (tertiary/aromatic N) is 3. The van der Waals surface area contributed by atoms with Crippen LogP contribution in [0.1, 0.15) is 19.4 Å². The molecule has 0 radical (unpaired) electrons. The number of methoxy groups -OCH3 is 1. The summed E-state index contributed by atoms with van der Waals surface area (Å²) in [6.07, 6.45) is 1.91. The lowest BCUT2D eigenvalue weighted by Crippen LogP contribution is -2.23. The zero-order chi connectivity index (χ0) is 19.0. The molecule has 0 N–H and O–H groups in total.